The van der Waals surface area contributed by atoms with Crippen LogP contribution in [0.2, 0.25) is 0 Å². The highest BCUT2D eigenvalue weighted by Gasteiger charge is 2.25. The van der Waals surface area contributed by atoms with Crippen molar-refractivity contribution in [1.29, 1.82) is 0 Å². The lowest BCUT2D eigenvalue weighted by molar-refractivity contribution is -0.122. The Hall–Kier alpha value is -1.15. The molecule has 1 fully saturated rings. The normalized spacial score (nSPS) is 18.8. The number of hydrogen-bond donors (Lipinski definition) is 2. The quantitative estimate of drug-likeness (QED) is 0.552. The second kappa shape index (κ2) is 7.22. The first-order chi connectivity index (χ1) is 10.0. The number of tetrazole rings is 1. The first kappa shape index (κ1) is 16.2. The zero-order chi connectivity index (χ0) is 15.3. The van der Waals surface area contributed by atoms with Gasteiger partial charge in [-0.15, -0.1) is 5.10 Å². The van der Waals surface area contributed by atoms with Crippen LogP contribution in [0.5, 0.6) is 0 Å². The van der Waals surface area contributed by atoms with Crippen LogP contribution in [0.15, 0.2) is 5.16 Å². The summed E-state index contributed by atoms with van der Waals surface area (Å²) in [7, 11) is 0. The van der Waals surface area contributed by atoms with E-state index in [-0.39, 0.29) is 0 Å². The Morgan fingerprint density at radius 1 is 1.43 bits per heavy atom. The fourth-order valence-corrected chi connectivity index (χ4v) is 3.48. The lowest BCUT2D eigenvalue weighted by Gasteiger charge is -2.19. The van der Waals surface area contributed by atoms with Crippen LogP contribution in [0.4, 0.5) is 0 Å². The van der Waals surface area contributed by atoms with Crippen LogP contribution in [0.25, 0.3) is 0 Å². The summed E-state index contributed by atoms with van der Waals surface area (Å²) < 4.78 is 1.97. The molecule has 0 saturated heterocycles. The molecule has 1 aliphatic carbocycles. The van der Waals surface area contributed by atoms with Gasteiger partial charge in [0.15, 0.2) is 0 Å². The molecule has 0 radical (unpaired) electrons. The predicted octanol–water partition coefficient (Wildman–Crippen LogP) is 1.25. The molecule has 2 rings (SSSR count). The van der Waals surface area contributed by atoms with Gasteiger partial charge in [0.25, 0.3) is 0 Å². The third-order valence-corrected chi connectivity index (χ3v) is 5.04. The van der Waals surface area contributed by atoms with Gasteiger partial charge >= 0.3 is 0 Å². The standard InChI is InChI=1S/C13H24N6OS/c1-13(15,11(14)20)8-4-5-9-21-12-16-17-18-19(12)10-6-2-3-7-10/h10H,2-9,15H2,1H3,(H2,14,20). The van der Waals surface area contributed by atoms with Gasteiger partial charge in [-0.3, -0.25) is 4.79 Å². The van der Waals surface area contributed by atoms with Gasteiger partial charge in [-0.05, 0) is 43.0 Å². The summed E-state index contributed by atoms with van der Waals surface area (Å²) in [5.74, 6) is 0.474. The van der Waals surface area contributed by atoms with Crippen molar-refractivity contribution in [1.82, 2.24) is 20.2 Å². The zero-order valence-electron chi connectivity index (χ0n) is 12.5. The van der Waals surface area contributed by atoms with Crippen molar-refractivity contribution in [3.05, 3.63) is 0 Å². The lowest BCUT2D eigenvalue weighted by Crippen LogP contribution is -2.49. The van der Waals surface area contributed by atoms with Crippen molar-refractivity contribution in [2.24, 2.45) is 11.5 Å². The smallest absolute Gasteiger partial charge is 0.237 e. The number of unbranched alkanes of at least 4 members (excludes halogenated alkanes) is 1. The molecule has 1 aliphatic rings. The summed E-state index contributed by atoms with van der Waals surface area (Å²) in [5.41, 5.74) is 10.2. The largest absolute Gasteiger partial charge is 0.368 e. The van der Waals surface area contributed by atoms with E-state index in [9.17, 15) is 4.79 Å². The molecule has 1 aromatic heterocycles. The Bertz CT molecular complexity index is 469. The molecule has 1 aromatic rings. The molecular formula is C13H24N6OS. The van der Waals surface area contributed by atoms with Gasteiger partial charge in [0.05, 0.1) is 11.6 Å². The van der Waals surface area contributed by atoms with E-state index in [0.717, 1.165) is 23.8 Å². The average Bonchev–Trinajstić information content (AvgIpc) is 3.08. The average molecular weight is 312 g/mol. The molecule has 21 heavy (non-hydrogen) atoms. The Morgan fingerprint density at radius 2 is 2.14 bits per heavy atom. The molecule has 0 spiro atoms. The first-order valence-electron chi connectivity index (χ1n) is 7.50. The molecular weight excluding hydrogens is 288 g/mol. The number of rotatable bonds is 8. The van der Waals surface area contributed by atoms with Crippen LogP contribution in [-0.2, 0) is 4.79 Å². The highest BCUT2D eigenvalue weighted by molar-refractivity contribution is 7.99. The second-order valence-electron chi connectivity index (χ2n) is 5.93. The lowest BCUT2D eigenvalue weighted by atomic mass is 9.96. The van der Waals surface area contributed by atoms with Gasteiger partial charge in [-0.2, -0.15) is 0 Å². The van der Waals surface area contributed by atoms with Crippen molar-refractivity contribution in [2.45, 2.75) is 68.6 Å². The van der Waals surface area contributed by atoms with Crippen LogP contribution < -0.4 is 11.5 Å². The van der Waals surface area contributed by atoms with Gasteiger partial charge in [0, 0.05) is 5.75 Å². The highest BCUT2D eigenvalue weighted by atomic mass is 32.2. The molecule has 4 N–H and O–H groups in total. The third kappa shape index (κ3) is 4.41. The maximum atomic E-state index is 11.1. The SMILES string of the molecule is CC(N)(CCCCSc1nnnn1C1CCCC1)C(N)=O. The Kier molecular flexibility index (Phi) is 5.58. The Balaban J connectivity index is 1.72. The van der Waals surface area contributed by atoms with Gasteiger partial charge < -0.3 is 11.5 Å². The van der Waals surface area contributed by atoms with Gasteiger partial charge in [0.2, 0.25) is 11.1 Å². The van der Waals surface area contributed by atoms with E-state index in [2.05, 4.69) is 15.5 Å². The second-order valence-corrected chi connectivity index (χ2v) is 6.99. The fraction of sp³-hybridized carbons (Fsp3) is 0.846. The minimum absolute atomic E-state index is 0.444. The molecule has 1 heterocycles. The number of thioether (sulfide) groups is 1. The number of aromatic nitrogens is 4. The van der Waals surface area contributed by atoms with Gasteiger partial charge in [-0.1, -0.05) is 31.0 Å². The van der Waals surface area contributed by atoms with E-state index >= 15 is 0 Å². The number of nitrogens with zero attached hydrogens (tertiary/aromatic N) is 4. The molecule has 1 atom stereocenters. The summed E-state index contributed by atoms with van der Waals surface area (Å²) in [4.78, 5) is 11.1. The minimum atomic E-state index is -0.907. The van der Waals surface area contributed by atoms with Crippen LogP contribution in [-0.4, -0.2) is 37.4 Å². The van der Waals surface area contributed by atoms with E-state index in [1.54, 1.807) is 18.7 Å². The van der Waals surface area contributed by atoms with Crippen LogP contribution in [0.1, 0.15) is 57.9 Å². The number of amides is 1. The Morgan fingerprint density at radius 3 is 2.81 bits per heavy atom. The van der Waals surface area contributed by atoms with Crippen LogP contribution in [0, 0.1) is 0 Å². The maximum Gasteiger partial charge on any atom is 0.237 e. The van der Waals surface area contributed by atoms with Gasteiger partial charge in [-0.25, -0.2) is 4.68 Å². The van der Waals surface area contributed by atoms with E-state index in [0.29, 0.717) is 12.5 Å². The molecule has 0 aromatic carbocycles. The molecule has 8 heteroatoms. The van der Waals surface area contributed by atoms with Crippen molar-refractivity contribution in [2.75, 3.05) is 5.75 Å². The van der Waals surface area contributed by atoms with E-state index < -0.39 is 11.4 Å². The summed E-state index contributed by atoms with van der Waals surface area (Å²) in [6.07, 6.45) is 7.30. The maximum absolute atomic E-state index is 11.1. The number of hydrogen-bond acceptors (Lipinski definition) is 6. The van der Waals surface area contributed by atoms with Crippen molar-refractivity contribution in [3.63, 3.8) is 0 Å². The summed E-state index contributed by atoms with van der Waals surface area (Å²) in [6.45, 7) is 1.68. The molecule has 0 bridgehead atoms. The Labute approximate surface area is 129 Å². The van der Waals surface area contributed by atoms with E-state index in [1.165, 1.54) is 25.7 Å². The predicted molar refractivity (Wildman–Crippen MR) is 81.7 cm³/mol. The van der Waals surface area contributed by atoms with Crippen molar-refractivity contribution < 1.29 is 4.79 Å². The molecule has 1 saturated carbocycles. The van der Waals surface area contributed by atoms with Crippen LogP contribution >= 0.6 is 11.8 Å². The van der Waals surface area contributed by atoms with Crippen molar-refractivity contribution >= 4 is 17.7 Å². The summed E-state index contributed by atoms with van der Waals surface area (Å²) in [5, 5.41) is 12.9. The van der Waals surface area contributed by atoms with Crippen LogP contribution in [0.3, 0.4) is 0 Å². The van der Waals surface area contributed by atoms with Crippen molar-refractivity contribution in [3.8, 4) is 0 Å². The first-order valence-corrected chi connectivity index (χ1v) is 8.49. The van der Waals surface area contributed by atoms with E-state index in [1.807, 2.05) is 4.68 Å². The highest BCUT2D eigenvalue weighted by Crippen LogP contribution is 2.31. The molecule has 1 amide bonds. The number of primary amides is 1. The molecule has 1 unspecified atom stereocenters. The third-order valence-electron chi connectivity index (χ3n) is 4.02. The molecule has 118 valence electrons. The molecule has 0 aliphatic heterocycles. The summed E-state index contributed by atoms with van der Waals surface area (Å²) >= 11 is 1.67. The summed E-state index contributed by atoms with van der Waals surface area (Å²) in [6, 6.07) is 0.463. The number of carbonyl (C=O) groups is 1. The number of nitrogens with two attached hydrogens (primary N) is 2. The van der Waals surface area contributed by atoms with E-state index in [4.69, 9.17) is 11.5 Å². The monoisotopic (exact) mass is 312 g/mol. The topological polar surface area (TPSA) is 113 Å². The molecule has 7 nitrogen and oxygen atoms in total. The number of carbonyl (C=O) groups excluding carboxylic acids is 1. The zero-order valence-corrected chi connectivity index (χ0v) is 13.3. The minimum Gasteiger partial charge on any atom is -0.368 e. The fourth-order valence-electron chi connectivity index (χ4n) is 2.54. The van der Waals surface area contributed by atoms with Gasteiger partial charge in [0.1, 0.15) is 0 Å².